The summed E-state index contributed by atoms with van der Waals surface area (Å²) in [4.78, 5) is 0.743. The number of benzene rings is 1. The maximum absolute atomic E-state index is 12.3. The molecule has 21 heavy (non-hydrogen) atoms. The first-order valence-corrected chi connectivity index (χ1v) is 8.24. The molecule has 114 valence electrons. The minimum Gasteiger partial charge on any atom is -0.497 e. The minimum absolute atomic E-state index is 0.370. The molecule has 0 aliphatic heterocycles. The molecule has 0 aliphatic rings. The van der Waals surface area contributed by atoms with Crippen molar-refractivity contribution >= 4 is 10.8 Å². The molecule has 1 heterocycles. The Bertz CT molecular complexity index is 607. The van der Waals surface area contributed by atoms with Crippen molar-refractivity contribution in [2.75, 3.05) is 7.11 Å². The summed E-state index contributed by atoms with van der Waals surface area (Å²) >= 11 is 0. The Hall–Kier alpha value is -1.59. The van der Waals surface area contributed by atoms with Gasteiger partial charge in [0.2, 0.25) is 0 Å². The Labute approximate surface area is 128 Å². The van der Waals surface area contributed by atoms with E-state index in [0.29, 0.717) is 24.1 Å². The molecule has 1 N–H and O–H groups in total. The van der Waals surface area contributed by atoms with Crippen molar-refractivity contribution in [1.82, 2.24) is 5.32 Å². The quantitative estimate of drug-likeness (QED) is 0.854. The Balaban J connectivity index is 1.99. The smallest absolute Gasteiger partial charge is 0.120 e. The highest BCUT2D eigenvalue weighted by Gasteiger charge is 2.10. The second-order valence-corrected chi connectivity index (χ2v) is 6.52. The van der Waals surface area contributed by atoms with Crippen LogP contribution in [0.1, 0.15) is 25.4 Å². The molecule has 4 nitrogen and oxygen atoms in total. The van der Waals surface area contributed by atoms with E-state index in [-0.39, 0.29) is 0 Å². The molecule has 0 saturated heterocycles. The summed E-state index contributed by atoms with van der Waals surface area (Å²) in [6, 6.07) is 11.5. The van der Waals surface area contributed by atoms with Gasteiger partial charge in [0.05, 0.1) is 30.2 Å². The summed E-state index contributed by atoms with van der Waals surface area (Å²) in [5.74, 6) is 2.68. The van der Waals surface area contributed by atoms with E-state index in [9.17, 15) is 4.21 Å². The monoisotopic (exact) mass is 307 g/mol. The fourth-order valence-electron chi connectivity index (χ4n) is 1.85. The maximum atomic E-state index is 12.3. The third-order valence-electron chi connectivity index (χ3n) is 2.98. The standard InChI is InChI=1S/C16H21NO3S/c1-12(2)17-10-14-7-8-15(20-14)11-21(18)16-6-4-5-13(9-16)19-3/h4-9,12,17H,10-11H2,1-3H3. The predicted molar refractivity (Wildman–Crippen MR) is 83.8 cm³/mol. The minimum atomic E-state index is -1.14. The summed E-state index contributed by atoms with van der Waals surface area (Å²) in [6.45, 7) is 4.85. The van der Waals surface area contributed by atoms with Crippen LogP contribution in [0.5, 0.6) is 5.75 Å². The van der Waals surface area contributed by atoms with E-state index in [1.54, 1.807) is 13.2 Å². The molecular weight excluding hydrogens is 286 g/mol. The van der Waals surface area contributed by atoms with Crippen LogP contribution >= 0.6 is 0 Å². The molecule has 0 bridgehead atoms. The van der Waals surface area contributed by atoms with Crippen LogP contribution in [-0.4, -0.2) is 17.4 Å². The number of ether oxygens (including phenoxy) is 1. The van der Waals surface area contributed by atoms with Crippen molar-refractivity contribution in [3.8, 4) is 5.75 Å². The molecule has 1 aromatic carbocycles. The molecule has 0 radical (unpaired) electrons. The van der Waals surface area contributed by atoms with E-state index >= 15 is 0 Å². The Morgan fingerprint density at radius 2 is 2.00 bits per heavy atom. The maximum Gasteiger partial charge on any atom is 0.120 e. The van der Waals surface area contributed by atoms with Gasteiger partial charge in [-0.1, -0.05) is 19.9 Å². The molecule has 1 atom stereocenters. The number of hydrogen-bond donors (Lipinski definition) is 1. The molecule has 5 heteroatoms. The third kappa shape index (κ3) is 4.72. The van der Waals surface area contributed by atoms with Gasteiger partial charge in [-0.2, -0.15) is 0 Å². The van der Waals surface area contributed by atoms with Crippen LogP contribution in [0.25, 0.3) is 0 Å². The molecule has 0 aliphatic carbocycles. The zero-order chi connectivity index (χ0) is 15.2. The van der Waals surface area contributed by atoms with Gasteiger partial charge in [0.1, 0.15) is 17.3 Å². The molecule has 2 rings (SSSR count). The summed E-state index contributed by atoms with van der Waals surface area (Å²) in [7, 11) is 0.460. The molecule has 1 unspecified atom stereocenters. The molecule has 0 spiro atoms. The van der Waals surface area contributed by atoms with Gasteiger partial charge < -0.3 is 14.5 Å². The van der Waals surface area contributed by atoms with E-state index in [2.05, 4.69) is 19.2 Å². The highest BCUT2D eigenvalue weighted by Crippen LogP contribution is 2.19. The van der Waals surface area contributed by atoms with Gasteiger partial charge in [-0.3, -0.25) is 4.21 Å². The highest BCUT2D eigenvalue weighted by molar-refractivity contribution is 7.84. The summed E-state index contributed by atoms with van der Waals surface area (Å²) in [6.07, 6.45) is 0. The zero-order valence-electron chi connectivity index (χ0n) is 12.6. The van der Waals surface area contributed by atoms with Crippen molar-refractivity contribution in [1.29, 1.82) is 0 Å². The normalized spacial score (nSPS) is 12.6. The number of rotatable bonds is 7. The first-order valence-electron chi connectivity index (χ1n) is 6.92. The van der Waals surface area contributed by atoms with E-state index in [4.69, 9.17) is 9.15 Å². The molecule has 0 amide bonds. The van der Waals surface area contributed by atoms with Gasteiger partial charge in [-0.15, -0.1) is 0 Å². The van der Waals surface area contributed by atoms with Crippen molar-refractivity contribution in [2.24, 2.45) is 0 Å². The van der Waals surface area contributed by atoms with Gasteiger partial charge in [0.25, 0.3) is 0 Å². The lowest BCUT2D eigenvalue weighted by Crippen LogP contribution is -2.21. The van der Waals surface area contributed by atoms with Crippen LogP contribution in [0.4, 0.5) is 0 Å². The van der Waals surface area contributed by atoms with Gasteiger partial charge >= 0.3 is 0 Å². The summed E-state index contributed by atoms with van der Waals surface area (Å²) in [5.41, 5.74) is 0. The molecule has 1 aromatic heterocycles. The Morgan fingerprint density at radius 3 is 2.71 bits per heavy atom. The fraction of sp³-hybridized carbons (Fsp3) is 0.375. The van der Waals surface area contributed by atoms with Gasteiger partial charge in [0, 0.05) is 10.9 Å². The lowest BCUT2D eigenvalue weighted by molar-refractivity contribution is 0.413. The first kappa shape index (κ1) is 15.8. The number of hydrogen-bond acceptors (Lipinski definition) is 4. The lowest BCUT2D eigenvalue weighted by atomic mass is 10.3. The van der Waals surface area contributed by atoms with Crippen LogP contribution < -0.4 is 10.1 Å². The first-order chi connectivity index (χ1) is 10.1. The Kier molecular flexibility index (Phi) is 5.59. The predicted octanol–water partition coefficient (Wildman–Crippen LogP) is 3.09. The Morgan fingerprint density at radius 1 is 1.24 bits per heavy atom. The van der Waals surface area contributed by atoms with Crippen molar-refractivity contribution in [3.63, 3.8) is 0 Å². The molecule has 2 aromatic rings. The molecular formula is C16H21NO3S. The average Bonchev–Trinajstić information content (AvgIpc) is 2.92. The topological polar surface area (TPSA) is 51.5 Å². The van der Waals surface area contributed by atoms with Gasteiger partial charge in [-0.05, 0) is 30.3 Å². The number of methoxy groups -OCH3 is 1. The van der Waals surface area contributed by atoms with Crippen molar-refractivity contribution in [3.05, 3.63) is 47.9 Å². The van der Waals surface area contributed by atoms with Crippen LogP contribution in [0.3, 0.4) is 0 Å². The summed E-state index contributed by atoms with van der Waals surface area (Å²) < 4.78 is 23.2. The van der Waals surface area contributed by atoms with Crippen LogP contribution in [0.2, 0.25) is 0 Å². The average molecular weight is 307 g/mol. The zero-order valence-corrected chi connectivity index (χ0v) is 13.4. The third-order valence-corrected chi connectivity index (χ3v) is 4.31. The van der Waals surface area contributed by atoms with Crippen molar-refractivity contribution < 1.29 is 13.4 Å². The number of nitrogens with one attached hydrogen (secondary N) is 1. The largest absolute Gasteiger partial charge is 0.497 e. The van der Waals surface area contributed by atoms with Gasteiger partial charge in [0.15, 0.2) is 0 Å². The number of furan rings is 1. The van der Waals surface area contributed by atoms with Crippen LogP contribution in [-0.2, 0) is 23.1 Å². The van der Waals surface area contributed by atoms with E-state index < -0.39 is 10.8 Å². The van der Waals surface area contributed by atoms with E-state index in [1.807, 2.05) is 30.3 Å². The highest BCUT2D eigenvalue weighted by atomic mass is 32.2. The second kappa shape index (κ2) is 7.43. The lowest BCUT2D eigenvalue weighted by Gasteiger charge is -2.05. The van der Waals surface area contributed by atoms with Crippen molar-refractivity contribution in [2.45, 2.75) is 37.1 Å². The van der Waals surface area contributed by atoms with Crippen LogP contribution in [0, 0.1) is 0 Å². The van der Waals surface area contributed by atoms with E-state index in [0.717, 1.165) is 16.4 Å². The molecule has 0 saturated carbocycles. The van der Waals surface area contributed by atoms with Gasteiger partial charge in [-0.25, -0.2) is 0 Å². The van der Waals surface area contributed by atoms with Crippen LogP contribution in [0.15, 0.2) is 45.7 Å². The SMILES string of the molecule is COc1cccc(S(=O)Cc2ccc(CNC(C)C)o2)c1. The molecule has 0 fully saturated rings. The summed E-state index contributed by atoms with van der Waals surface area (Å²) in [5, 5.41) is 3.29. The van der Waals surface area contributed by atoms with E-state index in [1.165, 1.54) is 0 Å². The fourth-order valence-corrected chi connectivity index (χ4v) is 2.91. The second-order valence-electron chi connectivity index (χ2n) is 5.07.